The fraction of sp³-hybridized carbons (Fsp3) is 0.280. The summed E-state index contributed by atoms with van der Waals surface area (Å²) in [7, 11) is 1.59. The second-order valence-electron chi connectivity index (χ2n) is 7.48. The number of aliphatic imine (C=N–C) groups is 1. The van der Waals surface area contributed by atoms with Gasteiger partial charge >= 0.3 is 11.9 Å². The molecular formula is C25H25ClN2O7S. The van der Waals surface area contributed by atoms with Crippen molar-refractivity contribution in [2.24, 2.45) is 4.99 Å². The lowest BCUT2D eigenvalue weighted by Crippen LogP contribution is -2.23. The number of amides is 1. The summed E-state index contributed by atoms with van der Waals surface area (Å²) in [5.74, 6) is -1.33. The van der Waals surface area contributed by atoms with Crippen molar-refractivity contribution in [2.45, 2.75) is 20.8 Å². The molecule has 0 aliphatic carbocycles. The molecule has 1 amide bonds. The van der Waals surface area contributed by atoms with Crippen LogP contribution in [0.2, 0.25) is 5.02 Å². The maximum Gasteiger partial charge on any atom is 0.344 e. The number of benzene rings is 2. The van der Waals surface area contributed by atoms with E-state index in [0.717, 1.165) is 11.8 Å². The lowest BCUT2D eigenvalue weighted by Gasteiger charge is -2.14. The molecule has 1 fully saturated rings. The summed E-state index contributed by atoms with van der Waals surface area (Å²) in [6.07, 6.45) is 1.65. The highest BCUT2D eigenvalue weighted by atomic mass is 35.5. The number of rotatable bonds is 9. The van der Waals surface area contributed by atoms with Gasteiger partial charge in [-0.25, -0.2) is 14.6 Å². The highest BCUT2D eigenvalue weighted by Gasteiger charge is 2.31. The maximum absolute atomic E-state index is 12.9. The van der Waals surface area contributed by atoms with E-state index in [1.165, 1.54) is 11.0 Å². The number of hydrogen-bond donors (Lipinski definition) is 1. The van der Waals surface area contributed by atoms with E-state index in [1.807, 2.05) is 0 Å². The van der Waals surface area contributed by atoms with Gasteiger partial charge in [-0.2, -0.15) is 0 Å². The van der Waals surface area contributed by atoms with Crippen LogP contribution in [0.25, 0.3) is 6.08 Å². The molecule has 0 aromatic heterocycles. The third-order valence-electron chi connectivity index (χ3n) is 5.02. The Balaban J connectivity index is 1.91. The molecule has 0 spiro atoms. The molecule has 0 unspecified atom stereocenters. The van der Waals surface area contributed by atoms with Crippen molar-refractivity contribution in [3.8, 4) is 11.5 Å². The van der Waals surface area contributed by atoms with Crippen LogP contribution in [0.4, 0.5) is 5.69 Å². The summed E-state index contributed by atoms with van der Waals surface area (Å²) in [5.41, 5.74) is 1.69. The molecule has 0 atom stereocenters. The number of amidine groups is 1. The Labute approximate surface area is 217 Å². The van der Waals surface area contributed by atoms with Crippen LogP contribution in [0, 0.1) is 6.92 Å². The fourth-order valence-electron chi connectivity index (χ4n) is 3.29. The van der Waals surface area contributed by atoms with E-state index in [1.54, 1.807) is 58.2 Å². The number of hydrogen-bond acceptors (Lipinski definition) is 8. The zero-order chi connectivity index (χ0) is 26.4. The summed E-state index contributed by atoms with van der Waals surface area (Å²) in [4.78, 5) is 42.3. The van der Waals surface area contributed by atoms with Gasteiger partial charge in [-0.1, -0.05) is 17.7 Å². The summed E-state index contributed by atoms with van der Waals surface area (Å²) >= 11 is 7.57. The minimum absolute atomic E-state index is 0.146. The molecule has 1 N–H and O–H groups in total. The number of aromatic carboxylic acids is 1. The number of carbonyl (C=O) groups excluding carboxylic acids is 2. The predicted octanol–water partition coefficient (Wildman–Crippen LogP) is 4.92. The third-order valence-corrected chi connectivity index (χ3v) is 6.37. The Morgan fingerprint density at radius 1 is 1.19 bits per heavy atom. The smallest absolute Gasteiger partial charge is 0.344 e. The zero-order valence-corrected chi connectivity index (χ0v) is 21.7. The molecule has 1 saturated heterocycles. The second-order valence-corrected chi connectivity index (χ2v) is 8.90. The quantitative estimate of drug-likeness (QED) is 0.357. The van der Waals surface area contributed by atoms with Crippen LogP contribution in [0.5, 0.6) is 11.5 Å². The first-order valence-corrected chi connectivity index (χ1v) is 12.2. The normalized spacial score (nSPS) is 15.5. The molecule has 1 heterocycles. The predicted molar refractivity (Wildman–Crippen MR) is 138 cm³/mol. The average Bonchev–Trinajstić information content (AvgIpc) is 3.07. The van der Waals surface area contributed by atoms with Crippen LogP contribution in [-0.2, 0) is 14.3 Å². The second kappa shape index (κ2) is 12.0. The van der Waals surface area contributed by atoms with Gasteiger partial charge in [0.2, 0.25) is 0 Å². The molecule has 3 rings (SSSR count). The Bertz CT molecular complexity index is 1260. The number of nitrogens with zero attached hydrogens (tertiary/aromatic N) is 2. The van der Waals surface area contributed by atoms with E-state index in [-0.39, 0.29) is 35.5 Å². The molecule has 0 bridgehead atoms. The van der Waals surface area contributed by atoms with Crippen molar-refractivity contribution >= 4 is 58.1 Å². The molecule has 1 aliphatic rings. The number of thioether (sulfide) groups is 1. The van der Waals surface area contributed by atoms with Crippen LogP contribution in [0.3, 0.4) is 0 Å². The van der Waals surface area contributed by atoms with Gasteiger partial charge in [0.1, 0.15) is 0 Å². The van der Waals surface area contributed by atoms with Crippen molar-refractivity contribution in [3.05, 3.63) is 56.9 Å². The average molecular weight is 533 g/mol. The van der Waals surface area contributed by atoms with E-state index in [4.69, 9.17) is 25.8 Å². The van der Waals surface area contributed by atoms with E-state index in [2.05, 4.69) is 4.99 Å². The van der Waals surface area contributed by atoms with Gasteiger partial charge < -0.3 is 19.3 Å². The summed E-state index contributed by atoms with van der Waals surface area (Å²) in [6.45, 7) is 5.40. The first-order chi connectivity index (χ1) is 17.2. The summed E-state index contributed by atoms with van der Waals surface area (Å²) in [6, 6.07) is 8.06. The van der Waals surface area contributed by atoms with E-state index in [0.29, 0.717) is 39.2 Å². The number of ether oxygens (including phenoxy) is 3. The SMILES string of the molecule is CCOC(=O)COc1c(Cl)cc(/C=C2\SC(=Nc3cccc(C(=O)O)c3C)N(C)C2=O)cc1OCC. The summed E-state index contributed by atoms with van der Waals surface area (Å²) in [5, 5.41) is 9.97. The van der Waals surface area contributed by atoms with Crippen LogP contribution >= 0.6 is 23.4 Å². The Hall–Kier alpha value is -3.50. The van der Waals surface area contributed by atoms with Gasteiger partial charge in [-0.3, -0.25) is 9.69 Å². The van der Waals surface area contributed by atoms with Crippen LogP contribution in [0.15, 0.2) is 40.2 Å². The van der Waals surface area contributed by atoms with Crippen LogP contribution < -0.4 is 9.47 Å². The van der Waals surface area contributed by atoms with Crippen LogP contribution in [-0.4, -0.2) is 59.9 Å². The monoisotopic (exact) mass is 532 g/mol. The van der Waals surface area contributed by atoms with E-state index < -0.39 is 11.9 Å². The van der Waals surface area contributed by atoms with Gasteiger partial charge in [0.25, 0.3) is 5.91 Å². The van der Waals surface area contributed by atoms with Gasteiger partial charge in [-0.15, -0.1) is 0 Å². The lowest BCUT2D eigenvalue weighted by molar-refractivity contribution is -0.145. The van der Waals surface area contributed by atoms with Gasteiger partial charge in [0.15, 0.2) is 23.3 Å². The van der Waals surface area contributed by atoms with Crippen molar-refractivity contribution in [1.29, 1.82) is 0 Å². The standard InChI is InChI=1S/C25H25ClN2O7S/c1-5-33-19-11-15(10-17(26)22(19)35-13-21(29)34-6-2)12-20-23(30)28(4)25(36-20)27-18-9-7-8-16(14(18)3)24(31)32/h7-12H,5-6,13H2,1-4H3,(H,31,32)/b20-12-,27-25?. The zero-order valence-electron chi connectivity index (χ0n) is 20.2. The molecule has 11 heteroatoms. The molecule has 190 valence electrons. The van der Waals surface area contributed by atoms with Crippen molar-refractivity contribution < 1.29 is 33.7 Å². The number of esters is 1. The van der Waals surface area contributed by atoms with Gasteiger partial charge in [-0.05, 0) is 74.0 Å². The molecule has 2 aromatic rings. The molecule has 9 nitrogen and oxygen atoms in total. The van der Waals surface area contributed by atoms with Crippen molar-refractivity contribution in [1.82, 2.24) is 4.90 Å². The molecule has 0 saturated carbocycles. The van der Waals surface area contributed by atoms with Gasteiger partial charge in [0, 0.05) is 7.05 Å². The number of carboxylic acids is 1. The first kappa shape index (κ1) is 27.1. The lowest BCUT2D eigenvalue weighted by atomic mass is 10.1. The fourth-order valence-corrected chi connectivity index (χ4v) is 4.54. The van der Waals surface area contributed by atoms with Crippen LogP contribution in [0.1, 0.15) is 35.3 Å². The summed E-state index contributed by atoms with van der Waals surface area (Å²) < 4.78 is 16.0. The molecule has 2 aromatic carbocycles. The van der Waals surface area contributed by atoms with Crippen molar-refractivity contribution in [2.75, 3.05) is 26.9 Å². The Morgan fingerprint density at radius 3 is 2.61 bits per heavy atom. The molecular weight excluding hydrogens is 508 g/mol. The number of carboxylic acid groups (broad SMARTS) is 1. The maximum atomic E-state index is 12.9. The molecule has 1 aliphatic heterocycles. The minimum atomic E-state index is -1.05. The van der Waals surface area contributed by atoms with E-state index >= 15 is 0 Å². The molecule has 0 radical (unpaired) electrons. The topological polar surface area (TPSA) is 115 Å². The Morgan fingerprint density at radius 2 is 1.94 bits per heavy atom. The number of halogens is 1. The molecule has 36 heavy (non-hydrogen) atoms. The highest BCUT2D eigenvalue weighted by molar-refractivity contribution is 8.18. The van der Waals surface area contributed by atoms with Crippen molar-refractivity contribution in [3.63, 3.8) is 0 Å². The first-order valence-electron chi connectivity index (χ1n) is 11.0. The highest BCUT2D eigenvalue weighted by Crippen LogP contribution is 2.39. The largest absolute Gasteiger partial charge is 0.490 e. The van der Waals surface area contributed by atoms with Gasteiger partial charge in [0.05, 0.1) is 34.4 Å². The Kier molecular flexibility index (Phi) is 9.00. The third kappa shape index (κ3) is 6.19. The minimum Gasteiger partial charge on any atom is -0.490 e. The number of carbonyl (C=O) groups is 3. The van der Waals surface area contributed by atoms with E-state index in [9.17, 15) is 19.5 Å². The number of likely N-dealkylation sites (N-methyl/N-ethyl adjacent to an activating group) is 1.